The van der Waals surface area contributed by atoms with Crippen LogP contribution in [0.2, 0.25) is 5.02 Å². The molecule has 0 spiro atoms. The number of unbranched alkanes of at least 4 members (excludes halogenated alkanes) is 4. The number of rotatable bonds is 18. The van der Waals surface area contributed by atoms with Gasteiger partial charge in [-0.3, -0.25) is 0 Å². The van der Waals surface area contributed by atoms with Crippen molar-refractivity contribution in [2.75, 3.05) is 31.6 Å². The molecule has 4 N–H and O–H groups in total. The second kappa shape index (κ2) is 18.1. The fourth-order valence-electron chi connectivity index (χ4n) is 5.18. The van der Waals surface area contributed by atoms with Crippen LogP contribution in [0.4, 0.5) is 10.5 Å². The van der Waals surface area contributed by atoms with Crippen LogP contribution in [0.1, 0.15) is 80.7 Å². The first-order chi connectivity index (χ1) is 21.8. The van der Waals surface area contributed by atoms with Crippen molar-refractivity contribution in [2.24, 2.45) is 0 Å². The zero-order valence-electron chi connectivity index (χ0n) is 26.6. The van der Waals surface area contributed by atoms with Crippen LogP contribution < -0.4 is 20.7 Å². The number of urea groups is 1. The zero-order valence-corrected chi connectivity index (χ0v) is 27.3. The van der Waals surface area contributed by atoms with Gasteiger partial charge in [0.15, 0.2) is 0 Å². The Morgan fingerprint density at radius 1 is 0.956 bits per heavy atom. The number of hydrogen-bond acceptors (Lipinski definition) is 6. The average molecular weight is 638 g/mol. The molecule has 0 fully saturated rings. The minimum Gasteiger partial charge on any atom is -0.463 e. The Morgan fingerprint density at radius 2 is 1.73 bits per heavy atom. The minimum atomic E-state index is -0.613. The number of benzene rings is 3. The summed E-state index contributed by atoms with van der Waals surface area (Å²) in [5.74, 6) is 0.211. The lowest BCUT2D eigenvalue weighted by molar-refractivity contribution is -0.180. The van der Waals surface area contributed by atoms with Gasteiger partial charge < -0.3 is 35.3 Å². The monoisotopic (exact) mass is 637 g/mol. The first-order valence-electron chi connectivity index (χ1n) is 16.1. The SMILES string of the molecule is CC1(C)OCc2cc([C@@H](O)CNCCCCCCOCCCCc3cccc(CNC(=O)Nc4cccc(Cl)c4)c3)ccc2O1. The number of nitrogens with one attached hydrogen (secondary N) is 3. The molecule has 1 atom stereocenters. The predicted octanol–water partition coefficient (Wildman–Crippen LogP) is 7.53. The molecule has 0 saturated carbocycles. The van der Waals surface area contributed by atoms with Crippen molar-refractivity contribution >= 4 is 23.3 Å². The summed E-state index contributed by atoms with van der Waals surface area (Å²) in [4.78, 5) is 12.2. The molecule has 0 aliphatic carbocycles. The van der Waals surface area contributed by atoms with Crippen LogP contribution in [0.25, 0.3) is 0 Å². The van der Waals surface area contributed by atoms with Crippen LogP contribution in [0.3, 0.4) is 0 Å². The molecule has 8 nitrogen and oxygen atoms in total. The highest BCUT2D eigenvalue weighted by Gasteiger charge is 2.27. The van der Waals surface area contributed by atoms with Crippen LogP contribution in [0.5, 0.6) is 5.75 Å². The topological polar surface area (TPSA) is 101 Å². The number of hydrogen-bond donors (Lipinski definition) is 4. The van der Waals surface area contributed by atoms with Crippen molar-refractivity contribution in [3.05, 3.63) is 94.0 Å². The Balaban J connectivity index is 0.966. The number of ether oxygens (including phenoxy) is 3. The molecule has 1 aliphatic rings. The Kier molecular flexibility index (Phi) is 14.0. The summed E-state index contributed by atoms with van der Waals surface area (Å²) in [6.45, 7) is 7.74. The zero-order chi connectivity index (χ0) is 31.9. The second-order valence-electron chi connectivity index (χ2n) is 12.0. The van der Waals surface area contributed by atoms with Gasteiger partial charge in [0, 0.05) is 56.4 Å². The molecule has 45 heavy (non-hydrogen) atoms. The quantitative estimate of drug-likeness (QED) is 0.108. The van der Waals surface area contributed by atoms with Crippen molar-refractivity contribution in [3.63, 3.8) is 0 Å². The fraction of sp³-hybridized carbons (Fsp3) is 0.472. The molecule has 244 valence electrons. The molecule has 0 aromatic heterocycles. The van der Waals surface area contributed by atoms with Gasteiger partial charge in [-0.25, -0.2) is 4.79 Å². The van der Waals surface area contributed by atoms with Crippen LogP contribution >= 0.6 is 11.6 Å². The van der Waals surface area contributed by atoms with E-state index in [4.69, 9.17) is 25.8 Å². The van der Waals surface area contributed by atoms with Crippen LogP contribution in [0.15, 0.2) is 66.7 Å². The third kappa shape index (κ3) is 12.6. The number of aryl methyl sites for hydroxylation is 1. The van der Waals surface area contributed by atoms with Gasteiger partial charge in [-0.1, -0.05) is 60.8 Å². The molecule has 3 aromatic carbocycles. The lowest BCUT2D eigenvalue weighted by Gasteiger charge is -2.33. The van der Waals surface area contributed by atoms with Gasteiger partial charge in [-0.15, -0.1) is 0 Å². The van der Waals surface area contributed by atoms with E-state index in [1.165, 1.54) is 5.56 Å². The van der Waals surface area contributed by atoms with Gasteiger partial charge in [0.1, 0.15) is 5.75 Å². The number of anilines is 1. The van der Waals surface area contributed by atoms with Crippen LogP contribution in [0, 0.1) is 0 Å². The van der Waals surface area contributed by atoms with E-state index in [1.54, 1.807) is 24.3 Å². The van der Waals surface area contributed by atoms with E-state index in [9.17, 15) is 9.90 Å². The number of halogens is 1. The lowest BCUT2D eigenvalue weighted by atomic mass is 10.0. The van der Waals surface area contributed by atoms with E-state index in [2.05, 4.69) is 28.1 Å². The largest absolute Gasteiger partial charge is 0.463 e. The van der Waals surface area contributed by atoms with E-state index in [0.29, 0.717) is 30.4 Å². The Morgan fingerprint density at radius 3 is 2.58 bits per heavy atom. The summed E-state index contributed by atoms with van der Waals surface area (Å²) in [7, 11) is 0. The summed E-state index contributed by atoms with van der Waals surface area (Å²) in [6, 6.07) is 21.0. The molecule has 2 amide bonds. The molecular weight excluding hydrogens is 590 g/mol. The standard InChI is InChI=1S/C36H48ClN3O5/c1-36(2)44-26-30-22-29(16-17-34(30)45-36)33(41)25-38-18-6-3-4-7-19-43-20-8-5-11-27-12-9-13-28(21-27)24-39-35(42)40-32-15-10-14-31(37)23-32/h9-10,12-17,21-23,33,38,41H,3-8,11,18-20,24-26H2,1-2H3,(H2,39,40,42)/t33-/m0/s1. The molecule has 9 heteroatoms. The summed E-state index contributed by atoms with van der Waals surface area (Å²) in [5.41, 5.74) is 4.85. The lowest BCUT2D eigenvalue weighted by Crippen LogP contribution is -2.35. The Labute approximate surface area is 272 Å². The third-order valence-corrected chi connectivity index (χ3v) is 7.90. The maximum atomic E-state index is 12.2. The minimum absolute atomic E-state index is 0.259. The van der Waals surface area contributed by atoms with Crippen molar-refractivity contribution in [2.45, 2.75) is 83.8 Å². The number of fused-ring (bicyclic) bond motifs is 1. The van der Waals surface area contributed by atoms with Gasteiger partial charge in [-0.05, 0) is 85.7 Å². The third-order valence-electron chi connectivity index (χ3n) is 7.66. The van der Waals surface area contributed by atoms with E-state index >= 15 is 0 Å². The molecule has 1 aliphatic heterocycles. The highest BCUT2D eigenvalue weighted by atomic mass is 35.5. The van der Waals surface area contributed by atoms with Crippen LogP contribution in [-0.4, -0.2) is 43.2 Å². The van der Waals surface area contributed by atoms with Gasteiger partial charge in [0.25, 0.3) is 0 Å². The maximum Gasteiger partial charge on any atom is 0.319 e. The number of carbonyl (C=O) groups is 1. The normalized spacial score (nSPS) is 14.3. The fourth-order valence-corrected chi connectivity index (χ4v) is 5.37. The van der Waals surface area contributed by atoms with Crippen molar-refractivity contribution in [1.82, 2.24) is 10.6 Å². The van der Waals surface area contributed by atoms with E-state index < -0.39 is 11.9 Å². The van der Waals surface area contributed by atoms with Crippen molar-refractivity contribution in [3.8, 4) is 5.75 Å². The number of aliphatic hydroxyl groups excluding tert-OH is 1. The van der Waals surface area contributed by atoms with Crippen LogP contribution in [-0.2, 0) is 29.0 Å². The first-order valence-corrected chi connectivity index (χ1v) is 16.5. The van der Waals surface area contributed by atoms with Gasteiger partial charge in [-0.2, -0.15) is 0 Å². The molecule has 3 aromatic rings. The molecule has 4 rings (SSSR count). The van der Waals surface area contributed by atoms with Crippen molar-refractivity contribution < 1.29 is 24.1 Å². The number of aliphatic hydroxyl groups is 1. The highest BCUT2D eigenvalue weighted by molar-refractivity contribution is 6.30. The molecule has 0 radical (unpaired) electrons. The first kappa shape index (κ1) is 34.7. The smallest absolute Gasteiger partial charge is 0.319 e. The Hall–Kier alpha value is -3.14. The number of amides is 2. The van der Waals surface area contributed by atoms with Crippen molar-refractivity contribution in [1.29, 1.82) is 0 Å². The summed E-state index contributed by atoms with van der Waals surface area (Å²) < 4.78 is 17.4. The molecule has 1 heterocycles. The summed E-state index contributed by atoms with van der Waals surface area (Å²) in [5, 5.41) is 20.2. The number of carbonyl (C=O) groups excluding carboxylic acids is 1. The average Bonchev–Trinajstić information content (AvgIpc) is 3.01. The summed E-state index contributed by atoms with van der Waals surface area (Å²) in [6.07, 6.45) is 6.95. The van der Waals surface area contributed by atoms with E-state index in [1.807, 2.05) is 44.2 Å². The molecule has 0 unspecified atom stereocenters. The van der Waals surface area contributed by atoms with Gasteiger partial charge in [0.05, 0.1) is 12.7 Å². The predicted molar refractivity (Wildman–Crippen MR) is 180 cm³/mol. The molecule has 0 saturated heterocycles. The molecular formula is C36H48ClN3O5. The highest BCUT2D eigenvalue weighted by Crippen LogP contribution is 2.32. The summed E-state index contributed by atoms with van der Waals surface area (Å²) >= 11 is 5.97. The van der Waals surface area contributed by atoms with E-state index in [-0.39, 0.29) is 6.03 Å². The maximum absolute atomic E-state index is 12.2. The molecule has 0 bridgehead atoms. The Bertz CT molecular complexity index is 1350. The van der Waals surface area contributed by atoms with Gasteiger partial charge in [0.2, 0.25) is 5.79 Å². The van der Waals surface area contributed by atoms with E-state index in [0.717, 1.165) is 87.1 Å². The second-order valence-corrected chi connectivity index (χ2v) is 12.4. The van der Waals surface area contributed by atoms with Gasteiger partial charge >= 0.3 is 6.03 Å².